The first-order valence-corrected chi connectivity index (χ1v) is 8.07. The van der Waals surface area contributed by atoms with Crippen LogP contribution < -0.4 is 0 Å². The minimum Gasteiger partial charge on any atom is -0.481 e. The van der Waals surface area contributed by atoms with Crippen molar-refractivity contribution in [3.05, 3.63) is 17.7 Å². The van der Waals surface area contributed by atoms with E-state index in [1.54, 1.807) is 0 Å². The number of carboxylic acids is 1. The maximum atomic E-state index is 11.3. The topological polar surface area (TPSA) is 58.4 Å². The van der Waals surface area contributed by atoms with E-state index in [2.05, 4.69) is 28.3 Å². The number of carboxylic acid groups (broad SMARTS) is 1. The van der Waals surface area contributed by atoms with Gasteiger partial charge in [-0.3, -0.25) is 4.79 Å². The Kier molecular flexibility index (Phi) is 4.02. The van der Waals surface area contributed by atoms with Gasteiger partial charge in [0.05, 0.1) is 5.92 Å². The van der Waals surface area contributed by atoms with Gasteiger partial charge in [0.1, 0.15) is 5.82 Å². The quantitative estimate of drug-likeness (QED) is 0.926. The van der Waals surface area contributed by atoms with Crippen LogP contribution in [0.25, 0.3) is 0 Å². The van der Waals surface area contributed by atoms with E-state index in [4.69, 9.17) is 0 Å². The van der Waals surface area contributed by atoms with Crippen molar-refractivity contribution in [1.82, 2.24) is 14.5 Å². The summed E-state index contributed by atoms with van der Waals surface area (Å²) in [6, 6.07) is 0.565. The van der Waals surface area contributed by atoms with Crippen LogP contribution in [-0.2, 0) is 17.8 Å². The summed E-state index contributed by atoms with van der Waals surface area (Å²) in [4.78, 5) is 18.4. The number of piperidine rings is 1. The zero-order valence-corrected chi connectivity index (χ0v) is 13.0. The van der Waals surface area contributed by atoms with Crippen LogP contribution in [0.5, 0.6) is 0 Å². The largest absolute Gasteiger partial charge is 0.481 e. The van der Waals surface area contributed by atoms with Gasteiger partial charge in [0.15, 0.2) is 0 Å². The Morgan fingerprint density at radius 3 is 2.90 bits per heavy atom. The van der Waals surface area contributed by atoms with Crippen LogP contribution in [-0.4, -0.2) is 44.7 Å². The Bertz CT molecular complexity index is 524. The van der Waals surface area contributed by atoms with E-state index in [0.29, 0.717) is 18.5 Å². The maximum Gasteiger partial charge on any atom is 0.308 e. The third-order valence-electron chi connectivity index (χ3n) is 5.02. The SMILES string of the molecule is CC(C)N1CCCC(c2ncc3n2CC(C(=O)O)CC3)C1. The van der Waals surface area contributed by atoms with Crippen molar-refractivity contribution in [2.45, 2.75) is 58.0 Å². The fourth-order valence-electron chi connectivity index (χ4n) is 3.68. The molecule has 0 radical (unpaired) electrons. The molecule has 0 bridgehead atoms. The van der Waals surface area contributed by atoms with Gasteiger partial charge in [0, 0.05) is 36.9 Å². The fraction of sp³-hybridized carbons (Fsp3) is 0.750. The van der Waals surface area contributed by atoms with Crippen molar-refractivity contribution >= 4 is 5.97 Å². The predicted molar refractivity (Wildman–Crippen MR) is 80.4 cm³/mol. The highest BCUT2D eigenvalue weighted by Crippen LogP contribution is 2.31. The Balaban J connectivity index is 1.81. The molecule has 1 fully saturated rings. The molecule has 2 atom stereocenters. The normalized spacial score (nSPS) is 26.8. The lowest BCUT2D eigenvalue weighted by Gasteiger charge is -2.36. The molecule has 0 aromatic carbocycles. The molecular weight excluding hydrogens is 266 g/mol. The Hall–Kier alpha value is -1.36. The number of hydrogen-bond donors (Lipinski definition) is 1. The molecule has 1 saturated heterocycles. The number of fused-ring (bicyclic) bond motifs is 1. The molecule has 5 nitrogen and oxygen atoms in total. The van der Waals surface area contributed by atoms with Crippen molar-refractivity contribution in [3.8, 4) is 0 Å². The van der Waals surface area contributed by atoms with E-state index in [1.165, 1.54) is 18.7 Å². The molecule has 21 heavy (non-hydrogen) atoms. The second kappa shape index (κ2) is 5.79. The predicted octanol–water partition coefficient (Wildman–Crippen LogP) is 2.12. The molecule has 5 heteroatoms. The highest BCUT2D eigenvalue weighted by Gasteiger charge is 2.31. The van der Waals surface area contributed by atoms with Gasteiger partial charge < -0.3 is 14.6 Å². The fourth-order valence-corrected chi connectivity index (χ4v) is 3.68. The van der Waals surface area contributed by atoms with Crippen molar-refractivity contribution in [2.24, 2.45) is 5.92 Å². The molecule has 0 saturated carbocycles. The number of nitrogens with zero attached hydrogens (tertiary/aromatic N) is 3. The van der Waals surface area contributed by atoms with Crippen LogP contribution in [0.1, 0.15) is 50.5 Å². The van der Waals surface area contributed by atoms with E-state index >= 15 is 0 Å². The Morgan fingerprint density at radius 1 is 1.38 bits per heavy atom. The van der Waals surface area contributed by atoms with Crippen molar-refractivity contribution in [1.29, 1.82) is 0 Å². The molecule has 2 aliphatic rings. The molecule has 0 aliphatic carbocycles. The number of aliphatic carboxylic acids is 1. The summed E-state index contributed by atoms with van der Waals surface area (Å²) in [5.41, 5.74) is 1.21. The highest BCUT2D eigenvalue weighted by molar-refractivity contribution is 5.70. The lowest BCUT2D eigenvalue weighted by molar-refractivity contribution is -0.142. The number of imidazole rings is 1. The lowest BCUT2D eigenvalue weighted by Crippen LogP contribution is -2.40. The van der Waals surface area contributed by atoms with Crippen molar-refractivity contribution in [3.63, 3.8) is 0 Å². The Morgan fingerprint density at radius 2 is 2.19 bits per heavy atom. The summed E-state index contributed by atoms with van der Waals surface area (Å²) in [5, 5.41) is 9.28. The van der Waals surface area contributed by atoms with E-state index in [9.17, 15) is 9.90 Å². The number of rotatable bonds is 3. The van der Waals surface area contributed by atoms with Crippen molar-refractivity contribution < 1.29 is 9.90 Å². The van der Waals surface area contributed by atoms with Crippen LogP contribution in [0.4, 0.5) is 0 Å². The summed E-state index contributed by atoms with van der Waals surface area (Å²) < 4.78 is 2.19. The number of aromatic nitrogens is 2. The molecule has 0 spiro atoms. The number of aryl methyl sites for hydroxylation is 1. The molecule has 1 N–H and O–H groups in total. The monoisotopic (exact) mass is 291 g/mol. The average molecular weight is 291 g/mol. The van der Waals surface area contributed by atoms with Gasteiger partial charge in [-0.15, -0.1) is 0 Å². The van der Waals surface area contributed by atoms with Gasteiger partial charge in [-0.2, -0.15) is 0 Å². The van der Waals surface area contributed by atoms with Crippen LogP contribution in [0.3, 0.4) is 0 Å². The summed E-state index contributed by atoms with van der Waals surface area (Å²) >= 11 is 0. The summed E-state index contributed by atoms with van der Waals surface area (Å²) in [5.74, 6) is 0.631. The van der Waals surface area contributed by atoms with Gasteiger partial charge in [-0.25, -0.2) is 4.98 Å². The van der Waals surface area contributed by atoms with Gasteiger partial charge in [0.25, 0.3) is 0 Å². The smallest absolute Gasteiger partial charge is 0.308 e. The molecule has 2 aliphatic heterocycles. The molecule has 1 aromatic rings. The first-order chi connectivity index (χ1) is 10.1. The lowest BCUT2D eigenvalue weighted by atomic mass is 9.94. The summed E-state index contributed by atoms with van der Waals surface area (Å²) in [6.45, 7) is 7.29. The van der Waals surface area contributed by atoms with E-state index < -0.39 is 5.97 Å². The molecular formula is C16H25N3O2. The first kappa shape index (κ1) is 14.6. The number of carbonyl (C=O) groups is 1. The van der Waals surface area contributed by atoms with Crippen LogP contribution in [0.2, 0.25) is 0 Å². The first-order valence-electron chi connectivity index (χ1n) is 8.07. The van der Waals surface area contributed by atoms with Gasteiger partial charge >= 0.3 is 5.97 Å². The second-order valence-electron chi connectivity index (χ2n) is 6.72. The van der Waals surface area contributed by atoms with Crippen molar-refractivity contribution in [2.75, 3.05) is 13.1 Å². The minimum atomic E-state index is -0.673. The van der Waals surface area contributed by atoms with Gasteiger partial charge in [-0.05, 0) is 46.1 Å². The zero-order valence-electron chi connectivity index (χ0n) is 13.0. The third-order valence-corrected chi connectivity index (χ3v) is 5.02. The van der Waals surface area contributed by atoms with Crippen LogP contribution >= 0.6 is 0 Å². The standard InChI is InChI=1S/C16H25N3O2/c1-11(2)18-7-3-4-12(9-18)15-17-8-14-6-5-13(16(20)21)10-19(14)15/h8,11-13H,3-7,9-10H2,1-2H3,(H,20,21). The maximum absolute atomic E-state index is 11.3. The third kappa shape index (κ3) is 2.84. The van der Waals surface area contributed by atoms with Gasteiger partial charge in [0.2, 0.25) is 0 Å². The zero-order chi connectivity index (χ0) is 15.0. The van der Waals surface area contributed by atoms with Crippen LogP contribution in [0, 0.1) is 5.92 Å². The van der Waals surface area contributed by atoms with E-state index in [1.807, 2.05) is 6.20 Å². The second-order valence-corrected chi connectivity index (χ2v) is 6.72. The molecule has 3 heterocycles. The number of hydrogen-bond acceptors (Lipinski definition) is 3. The van der Waals surface area contributed by atoms with Gasteiger partial charge in [-0.1, -0.05) is 0 Å². The summed E-state index contributed by atoms with van der Waals surface area (Å²) in [7, 11) is 0. The molecule has 3 rings (SSSR count). The average Bonchev–Trinajstić information content (AvgIpc) is 2.90. The van der Waals surface area contributed by atoms with E-state index in [-0.39, 0.29) is 5.92 Å². The molecule has 1 aromatic heterocycles. The molecule has 116 valence electrons. The minimum absolute atomic E-state index is 0.254. The number of likely N-dealkylation sites (tertiary alicyclic amines) is 1. The molecule has 0 amide bonds. The van der Waals surface area contributed by atoms with E-state index in [0.717, 1.165) is 31.6 Å². The highest BCUT2D eigenvalue weighted by atomic mass is 16.4. The molecule has 2 unspecified atom stereocenters. The Labute approximate surface area is 126 Å². The summed E-state index contributed by atoms with van der Waals surface area (Å²) in [6.07, 6.45) is 5.90. The van der Waals surface area contributed by atoms with Crippen LogP contribution in [0.15, 0.2) is 6.20 Å².